The van der Waals surface area contributed by atoms with Gasteiger partial charge in [0.1, 0.15) is 5.82 Å². The molecule has 1 aromatic carbocycles. The highest BCUT2D eigenvalue weighted by molar-refractivity contribution is 7.88. The summed E-state index contributed by atoms with van der Waals surface area (Å²) in [7, 11) is -1.45. The Morgan fingerprint density at radius 1 is 1.27 bits per heavy atom. The summed E-state index contributed by atoms with van der Waals surface area (Å²) < 4.78 is 37.9. The van der Waals surface area contributed by atoms with Crippen molar-refractivity contribution in [3.8, 4) is 0 Å². The molecule has 6 heteroatoms. The van der Waals surface area contributed by atoms with Gasteiger partial charge < -0.3 is 5.73 Å². The zero-order valence-corrected chi connectivity index (χ0v) is 14.1. The number of halogens is 1. The van der Waals surface area contributed by atoms with E-state index < -0.39 is 10.0 Å². The van der Waals surface area contributed by atoms with Gasteiger partial charge in [-0.15, -0.1) is 0 Å². The van der Waals surface area contributed by atoms with Crippen LogP contribution in [0.5, 0.6) is 0 Å². The highest BCUT2D eigenvalue weighted by Crippen LogP contribution is 2.31. The number of benzene rings is 1. The molecule has 124 valence electrons. The van der Waals surface area contributed by atoms with Crippen molar-refractivity contribution in [1.29, 1.82) is 0 Å². The minimum absolute atomic E-state index is 0.116. The Kier molecular flexibility index (Phi) is 5.45. The maximum atomic E-state index is 13.2. The van der Waals surface area contributed by atoms with Crippen LogP contribution >= 0.6 is 0 Å². The molecular weight excluding hydrogens is 303 g/mol. The molecule has 0 bridgehead atoms. The summed E-state index contributed by atoms with van der Waals surface area (Å²) in [5.41, 5.74) is 7.39. The number of sulfonamides is 1. The molecule has 0 amide bonds. The van der Waals surface area contributed by atoms with Crippen LogP contribution in [0.4, 0.5) is 10.1 Å². The Bertz CT molecular complexity index is 611. The summed E-state index contributed by atoms with van der Waals surface area (Å²) >= 11 is 0. The van der Waals surface area contributed by atoms with Gasteiger partial charge in [0.2, 0.25) is 10.0 Å². The predicted octanol–water partition coefficient (Wildman–Crippen LogP) is 2.79. The first-order valence-corrected chi connectivity index (χ1v) is 9.59. The van der Waals surface area contributed by atoms with E-state index in [0.29, 0.717) is 11.6 Å². The molecule has 0 radical (unpaired) electrons. The van der Waals surface area contributed by atoms with Gasteiger partial charge in [-0.05, 0) is 68.2 Å². The van der Waals surface area contributed by atoms with E-state index in [1.54, 1.807) is 13.1 Å². The lowest BCUT2D eigenvalue weighted by Gasteiger charge is -2.33. The molecule has 0 aliphatic heterocycles. The third-order valence-corrected chi connectivity index (χ3v) is 6.12. The van der Waals surface area contributed by atoms with Crippen LogP contribution in [0, 0.1) is 11.7 Å². The summed E-state index contributed by atoms with van der Waals surface area (Å²) in [6, 6.07) is 4.62. The van der Waals surface area contributed by atoms with Gasteiger partial charge in [-0.2, -0.15) is 0 Å². The third kappa shape index (κ3) is 4.43. The molecule has 0 unspecified atom stereocenters. The van der Waals surface area contributed by atoms with Crippen molar-refractivity contribution in [1.82, 2.24) is 4.31 Å². The quantitative estimate of drug-likeness (QED) is 0.845. The van der Waals surface area contributed by atoms with Gasteiger partial charge in [0, 0.05) is 18.8 Å². The molecule has 0 saturated heterocycles. The SMILES string of the molecule is CN(C1CCC(CCc2cc(F)ccc2N)CC1)S(C)(=O)=O. The lowest BCUT2D eigenvalue weighted by molar-refractivity contribution is 0.230. The Labute approximate surface area is 132 Å². The van der Waals surface area contributed by atoms with Gasteiger partial charge in [0.05, 0.1) is 6.26 Å². The van der Waals surface area contributed by atoms with Crippen molar-refractivity contribution in [3.63, 3.8) is 0 Å². The fourth-order valence-electron chi connectivity index (χ4n) is 3.22. The Balaban J connectivity index is 1.84. The molecule has 1 aliphatic carbocycles. The van der Waals surface area contributed by atoms with Gasteiger partial charge in [-0.1, -0.05) is 0 Å². The lowest BCUT2D eigenvalue weighted by atomic mass is 9.82. The average molecular weight is 328 g/mol. The van der Waals surface area contributed by atoms with Crippen LogP contribution in [-0.4, -0.2) is 32.1 Å². The van der Waals surface area contributed by atoms with E-state index in [1.807, 2.05) is 0 Å². The highest BCUT2D eigenvalue weighted by Gasteiger charge is 2.28. The molecule has 1 aliphatic rings. The minimum Gasteiger partial charge on any atom is -0.399 e. The maximum absolute atomic E-state index is 13.2. The summed E-state index contributed by atoms with van der Waals surface area (Å²) in [5.74, 6) is 0.314. The second-order valence-electron chi connectivity index (χ2n) is 6.34. The number of nitrogens with two attached hydrogens (primary N) is 1. The summed E-state index contributed by atoms with van der Waals surface area (Å²) in [5, 5.41) is 0. The number of hydrogen-bond donors (Lipinski definition) is 1. The molecule has 22 heavy (non-hydrogen) atoms. The zero-order chi connectivity index (χ0) is 16.3. The Morgan fingerprint density at radius 3 is 2.50 bits per heavy atom. The van der Waals surface area contributed by atoms with Crippen LogP contribution in [0.2, 0.25) is 0 Å². The molecule has 0 spiro atoms. The molecule has 1 saturated carbocycles. The first-order valence-electron chi connectivity index (χ1n) is 7.74. The zero-order valence-electron chi connectivity index (χ0n) is 13.3. The predicted molar refractivity (Wildman–Crippen MR) is 87.5 cm³/mol. The highest BCUT2D eigenvalue weighted by atomic mass is 32.2. The van der Waals surface area contributed by atoms with Crippen molar-refractivity contribution in [2.45, 2.75) is 44.6 Å². The molecule has 1 aromatic rings. The fourth-order valence-corrected chi connectivity index (χ4v) is 3.97. The van der Waals surface area contributed by atoms with E-state index in [-0.39, 0.29) is 11.9 Å². The standard InChI is InChI=1S/C16H25FN2O2S/c1-19(22(2,20)21)15-8-4-12(5-9-15)3-6-13-11-14(17)7-10-16(13)18/h7,10-12,15H,3-6,8-9,18H2,1-2H3. The van der Waals surface area contributed by atoms with E-state index in [2.05, 4.69) is 0 Å². The molecule has 2 rings (SSSR count). The molecule has 1 fully saturated rings. The van der Waals surface area contributed by atoms with E-state index in [4.69, 9.17) is 5.73 Å². The summed E-state index contributed by atoms with van der Waals surface area (Å²) in [6.45, 7) is 0. The smallest absolute Gasteiger partial charge is 0.211 e. The first-order chi connectivity index (χ1) is 10.3. The number of rotatable bonds is 5. The van der Waals surface area contributed by atoms with Crippen LogP contribution in [0.1, 0.15) is 37.7 Å². The van der Waals surface area contributed by atoms with Crippen LogP contribution < -0.4 is 5.73 Å². The topological polar surface area (TPSA) is 63.4 Å². The van der Waals surface area contributed by atoms with Crippen LogP contribution in [0.15, 0.2) is 18.2 Å². The second kappa shape index (κ2) is 6.96. The van der Waals surface area contributed by atoms with E-state index in [1.165, 1.54) is 22.7 Å². The third-order valence-electron chi connectivity index (χ3n) is 4.78. The van der Waals surface area contributed by atoms with Crippen LogP contribution in [0.3, 0.4) is 0 Å². The molecule has 0 aromatic heterocycles. The number of anilines is 1. The molecule has 4 nitrogen and oxygen atoms in total. The summed E-state index contributed by atoms with van der Waals surface area (Å²) in [6.07, 6.45) is 6.83. The number of nitrogens with zero attached hydrogens (tertiary/aromatic N) is 1. The van der Waals surface area contributed by atoms with Crippen molar-refractivity contribution in [2.75, 3.05) is 19.0 Å². The lowest BCUT2D eigenvalue weighted by Crippen LogP contribution is -2.38. The number of hydrogen-bond acceptors (Lipinski definition) is 3. The fraction of sp³-hybridized carbons (Fsp3) is 0.625. The van der Waals surface area contributed by atoms with E-state index in [0.717, 1.165) is 44.1 Å². The number of nitrogen functional groups attached to an aromatic ring is 1. The van der Waals surface area contributed by atoms with Crippen molar-refractivity contribution in [3.05, 3.63) is 29.6 Å². The molecule has 2 N–H and O–H groups in total. The largest absolute Gasteiger partial charge is 0.399 e. The first kappa shape index (κ1) is 17.2. The second-order valence-corrected chi connectivity index (χ2v) is 8.38. The molecular formula is C16H25FN2O2S. The minimum atomic E-state index is -3.11. The van der Waals surface area contributed by atoms with E-state index in [9.17, 15) is 12.8 Å². The van der Waals surface area contributed by atoms with E-state index >= 15 is 0 Å². The normalized spacial score (nSPS) is 22.9. The Morgan fingerprint density at radius 2 is 1.91 bits per heavy atom. The number of aryl methyl sites for hydroxylation is 1. The molecule has 0 atom stereocenters. The summed E-state index contributed by atoms with van der Waals surface area (Å²) in [4.78, 5) is 0. The van der Waals surface area contributed by atoms with Gasteiger partial charge >= 0.3 is 0 Å². The van der Waals surface area contributed by atoms with Gasteiger partial charge in [0.25, 0.3) is 0 Å². The molecule has 0 heterocycles. The van der Waals surface area contributed by atoms with Crippen LogP contribution in [-0.2, 0) is 16.4 Å². The van der Waals surface area contributed by atoms with Gasteiger partial charge in [0.15, 0.2) is 0 Å². The van der Waals surface area contributed by atoms with Crippen molar-refractivity contribution in [2.24, 2.45) is 5.92 Å². The van der Waals surface area contributed by atoms with Crippen LogP contribution in [0.25, 0.3) is 0 Å². The van der Waals surface area contributed by atoms with Gasteiger partial charge in [-0.3, -0.25) is 0 Å². The van der Waals surface area contributed by atoms with Crippen molar-refractivity contribution < 1.29 is 12.8 Å². The average Bonchev–Trinajstić information content (AvgIpc) is 2.47. The van der Waals surface area contributed by atoms with Crippen molar-refractivity contribution >= 4 is 15.7 Å². The maximum Gasteiger partial charge on any atom is 0.211 e. The Hall–Kier alpha value is -1.14. The monoisotopic (exact) mass is 328 g/mol. The van der Waals surface area contributed by atoms with Gasteiger partial charge in [-0.25, -0.2) is 17.1 Å².